The second kappa shape index (κ2) is 45.2. The molecule has 18 nitrogen and oxygen atoms in total. The summed E-state index contributed by atoms with van der Waals surface area (Å²) in [6.45, 7) is 44.6. The summed E-state index contributed by atoms with van der Waals surface area (Å²) >= 11 is 0. The van der Waals surface area contributed by atoms with E-state index in [2.05, 4.69) is 238 Å². The van der Waals surface area contributed by atoms with Crippen LogP contribution in [0, 0.1) is 59.2 Å². The van der Waals surface area contributed by atoms with Crippen molar-refractivity contribution in [1.82, 2.24) is 19.6 Å². The van der Waals surface area contributed by atoms with Gasteiger partial charge >= 0.3 is 12.2 Å². The van der Waals surface area contributed by atoms with Gasteiger partial charge in [-0.05, 0) is 186 Å². The monoisotopic (exact) mass is 1690 g/mol. The highest BCUT2D eigenvalue weighted by Crippen LogP contribution is 2.42. The number of carbonyl (C=O) groups excluding carboxylic acids is 6. The minimum Gasteiger partial charge on any atom is -0.447 e. The molecule has 6 aromatic rings. The van der Waals surface area contributed by atoms with Gasteiger partial charge in [0.05, 0.1) is 54.4 Å². The molecule has 660 valence electrons. The van der Waals surface area contributed by atoms with Crippen LogP contribution in [-0.2, 0) is 64.6 Å². The number of nitrogens with zero attached hydrogens (tertiary/aromatic N) is 4. The fourth-order valence-corrected chi connectivity index (χ4v) is 28.4. The molecular weight excluding hydrogens is 1550 g/mol. The molecule has 0 radical (unpaired) electrons. The molecule has 0 saturated carbocycles. The topological polar surface area (TPSA) is 200 Å². The van der Waals surface area contributed by atoms with Gasteiger partial charge in [-0.1, -0.05) is 277 Å². The molecule has 4 amide bonds. The van der Waals surface area contributed by atoms with E-state index in [1.165, 1.54) is 34.1 Å². The number of rotatable bonds is 36. The number of allylic oxidation sites excluding steroid dienone is 2. The predicted molar refractivity (Wildman–Crippen MR) is 490 cm³/mol. The van der Waals surface area contributed by atoms with E-state index in [4.69, 9.17) is 32.5 Å². The molecule has 10 rings (SSSR count). The van der Waals surface area contributed by atoms with Crippen LogP contribution in [0.25, 0.3) is 0 Å². The third kappa shape index (κ3) is 24.8. The number of hydrogen-bond acceptors (Lipinski definition) is 16. The molecule has 1 N–H and O–H groups in total. The maximum absolute atomic E-state index is 14.7. The van der Waals surface area contributed by atoms with Gasteiger partial charge in [0.25, 0.3) is 16.6 Å². The Kier molecular flexibility index (Phi) is 36.8. The van der Waals surface area contributed by atoms with Crippen molar-refractivity contribution in [2.24, 2.45) is 59.2 Å². The van der Waals surface area contributed by atoms with Crippen LogP contribution < -0.4 is 20.7 Å². The van der Waals surface area contributed by atoms with Gasteiger partial charge < -0.3 is 47.4 Å². The van der Waals surface area contributed by atoms with Gasteiger partial charge in [0.1, 0.15) is 24.8 Å². The third-order valence-electron chi connectivity index (χ3n) is 25.8. The number of aliphatic hydroxyl groups excluding tert-OH is 1. The quantitative estimate of drug-likeness (QED) is 0.0221. The molecule has 0 aromatic heterocycles. The van der Waals surface area contributed by atoms with Crippen LogP contribution in [0.4, 0.5) is 9.59 Å². The van der Waals surface area contributed by atoms with Crippen molar-refractivity contribution in [3.63, 3.8) is 0 Å². The molecule has 0 spiro atoms. The van der Waals surface area contributed by atoms with E-state index in [1.54, 1.807) is 19.9 Å². The van der Waals surface area contributed by atoms with E-state index in [0.29, 0.717) is 75.9 Å². The normalized spacial score (nSPS) is 23.4. The van der Waals surface area contributed by atoms with Crippen molar-refractivity contribution in [1.29, 1.82) is 0 Å². The first-order valence-corrected chi connectivity index (χ1v) is 48.0. The average molecular weight is 1690 g/mol. The zero-order valence-corrected chi connectivity index (χ0v) is 78.5. The van der Waals surface area contributed by atoms with Crippen LogP contribution in [0.1, 0.15) is 167 Å². The van der Waals surface area contributed by atoms with Crippen molar-refractivity contribution in [3.8, 4) is 0 Å². The summed E-state index contributed by atoms with van der Waals surface area (Å²) in [5.74, 6) is -5.25. The number of benzene rings is 6. The number of amides is 4. The molecule has 4 heterocycles. The molecule has 0 bridgehead atoms. The Morgan fingerprint density at radius 1 is 0.496 bits per heavy atom. The lowest BCUT2D eigenvalue weighted by atomic mass is 9.79. The molecule has 20 heteroatoms. The van der Waals surface area contributed by atoms with Crippen LogP contribution >= 0.6 is 0 Å². The van der Waals surface area contributed by atoms with E-state index in [0.717, 1.165) is 27.3 Å². The highest BCUT2D eigenvalue weighted by atomic mass is 28.4. The summed E-state index contributed by atoms with van der Waals surface area (Å²) in [5, 5.41) is 16.1. The number of carbonyl (C=O) groups is 6. The number of imide groups is 2. The van der Waals surface area contributed by atoms with Crippen molar-refractivity contribution >= 4 is 72.9 Å². The lowest BCUT2D eigenvalue weighted by molar-refractivity contribution is -0.260. The van der Waals surface area contributed by atoms with Crippen LogP contribution in [0.5, 0.6) is 0 Å². The molecular formula is C101H144N4O14Si2. The van der Waals surface area contributed by atoms with Gasteiger partial charge in [-0.2, -0.15) is 0 Å². The lowest BCUT2D eigenvalue weighted by Gasteiger charge is -2.45. The minimum atomic E-state index is -2.81. The summed E-state index contributed by atoms with van der Waals surface area (Å²) < 4.78 is 44.5. The number of cyclic esters (lactones) is 2. The molecule has 4 aliphatic heterocycles. The Labute approximate surface area is 727 Å². The van der Waals surface area contributed by atoms with E-state index in [1.807, 2.05) is 97.9 Å². The zero-order chi connectivity index (χ0) is 88.8. The summed E-state index contributed by atoms with van der Waals surface area (Å²) in [6, 6.07) is 61.4. The number of ether oxygens (including phenoxy) is 5. The first-order valence-electron chi connectivity index (χ1n) is 44.2. The summed E-state index contributed by atoms with van der Waals surface area (Å²) in [4.78, 5) is 88.7. The second-order valence-corrected chi connectivity index (χ2v) is 46.2. The van der Waals surface area contributed by atoms with E-state index in [9.17, 15) is 33.9 Å². The molecule has 4 fully saturated rings. The van der Waals surface area contributed by atoms with Crippen molar-refractivity contribution in [2.75, 3.05) is 54.6 Å². The van der Waals surface area contributed by atoms with E-state index < -0.39 is 101 Å². The fourth-order valence-electron chi connectivity index (χ4n) is 19.0. The molecule has 121 heavy (non-hydrogen) atoms. The number of ketones is 2. The SMILES string of the molecule is C=CC[C@@H](C[C@@H](C)CO[Si](c1ccccc1)(c1ccccc1)C(C)(C)C)[C@H](O)[C@@H](C)C(=O)[C@@H](C)C(=O)N1C(=O)OC[C@H]1Cc1ccccc1.C=CC[C@@H](C[C@@H](C)CO[Si](c1ccccc1)(c1ccccc1)C(C)(C)C)[C@H](O[C@@H]1O[C@H](C)CC(N(C)C)[C@H]1C)[C@@H](C)C(=O)C(C)C(=O)N1C(=O)OC[C@H]1Cc1ccccc1.CC1O[C@H](C)CC(N(C)C)[C@H]1C. The summed E-state index contributed by atoms with van der Waals surface area (Å²) in [7, 11) is 2.93. The fraction of sp³-hybridized carbons (Fsp3) is 0.545. The largest absolute Gasteiger partial charge is 0.447 e. The predicted octanol–water partition coefficient (Wildman–Crippen LogP) is 16.6. The lowest BCUT2D eigenvalue weighted by Crippen LogP contribution is -2.66. The number of hydrogen-bond donors (Lipinski definition) is 1. The molecule has 4 unspecified atom stereocenters. The van der Waals surface area contributed by atoms with Crippen LogP contribution in [-0.4, -0.2) is 193 Å². The molecule has 4 aliphatic rings. The molecule has 6 aromatic carbocycles. The first kappa shape index (κ1) is 98.6. The number of Topliss-reactive ketones (excluding diaryl/α,β-unsaturated/α-hetero) is 2. The van der Waals surface area contributed by atoms with Gasteiger partial charge in [0, 0.05) is 43.1 Å². The second-order valence-electron chi connectivity index (χ2n) is 37.6. The Bertz CT molecular complexity index is 4150. The highest BCUT2D eigenvalue weighted by molar-refractivity contribution is 7.00. The first-order chi connectivity index (χ1) is 57.3. The van der Waals surface area contributed by atoms with Gasteiger partial charge in [-0.15, -0.1) is 13.2 Å². The van der Waals surface area contributed by atoms with Gasteiger partial charge in [0.2, 0.25) is 11.8 Å². The minimum absolute atomic E-state index is 0.0125. The third-order valence-corrected chi connectivity index (χ3v) is 35.8. The summed E-state index contributed by atoms with van der Waals surface area (Å²) in [5.41, 5.74) is 1.94. The maximum Gasteiger partial charge on any atom is 0.417 e. The van der Waals surface area contributed by atoms with Crippen molar-refractivity contribution in [3.05, 3.63) is 218 Å². The Morgan fingerprint density at radius 3 is 1.18 bits per heavy atom. The molecule has 20 atom stereocenters. The Morgan fingerprint density at radius 2 is 0.826 bits per heavy atom. The molecule has 4 saturated heterocycles. The van der Waals surface area contributed by atoms with Crippen LogP contribution in [0.15, 0.2) is 207 Å². The average Bonchev–Trinajstić information content (AvgIpc) is 1.20. The standard InChI is InChI=1S/C50H70N2O7Si.C41H53NO6Si.C10H21NO/c1-12-22-40(29-34(2)32-57-60(50(7,8)9,42-25-18-14-19-26-42)43-27-20-15-21-28-43)46(59-48-36(4)44(51(10)11)30-35(3)58-48)37(5)45(53)38(6)47(54)52-41(33-56-49(52)55)31-39-23-16-13-17-24-39;1-8-18-33(25-29(2)27-48-49(41(5,6)7,35-21-14-10-15-22-35)36-23-16-11-17-24-36)38(44)30(3)37(43)31(4)39(45)42-34(28-47-40(42)46)26-32-19-12-9-13-20-32;1-7-6-10(11(4)5)8(2)9(3)12-7/h12-21,23-28,34-38,40-41,44,46,48H,1,22,29-33H2,2-11H3;8-17,19-24,29-31,33-34,38,44H,1,18,25-28H2,2-7H3;7-10H,6H2,1-5H3/t34-,35-,36-,37+,38?,40+,41-,44?,46-,48+;29-,30+,31-,33+,34-,38-;7-,8+,9?,10?/m111/s1. The van der Waals surface area contributed by atoms with Crippen LogP contribution in [0.3, 0.4) is 0 Å². The van der Waals surface area contributed by atoms with Gasteiger partial charge in [-0.25, -0.2) is 19.4 Å². The maximum atomic E-state index is 14.7. The van der Waals surface area contributed by atoms with E-state index in [-0.39, 0.29) is 70.8 Å². The Balaban J connectivity index is 0.000000268. The zero-order valence-electron chi connectivity index (χ0n) is 76.5. The summed E-state index contributed by atoms with van der Waals surface area (Å²) in [6.07, 6.45) is 6.05. The van der Waals surface area contributed by atoms with Gasteiger partial charge in [-0.3, -0.25) is 19.2 Å². The van der Waals surface area contributed by atoms with Crippen molar-refractivity contribution in [2.45, 2.75) is 240 Å². The van der Waals surface area contributed by atoms with Crippen LogP contribution in [0.2, 0.25) is 10.1 Å². The number of aliphatic hydroxyl groups is 1. The Hall–Kier alpha value is -7.87. The highest BCUT2D eigenvalue weighted by Gasteiger charge is 2.54. The van der Waals surface area contributed by atoms with E-state index >= 15 is 0 Å². The smallest absolute Gasteiger partial charge is 0.417 e. The van der Waals surface area contributed by atoms with Crippen molar-refractivity contribution < 1.29 is 66.4 Å². The van der Waals surface area contributed by atoms with Gasteiger partial charge in [0.15, 0.2) is 6.29 Å². The molecule has 0 aliphatic carbocycles.